The average molecular weight is 292 g/mol. The van der Waals surface area contributed by atoms with Gasteiger partial charge in [-0.3, -0.25) is 0 Å². The molecular formula is C16H24N2OS. The first-order chi connectivity index (χ1) is 9.79. The molecule has 1 aliphatic heterocycles. The van der Waals surface area contributed by atoms with Crippen molar-refractivity contribution in [3.05, 3.63) is 30.3 Å². The third kappa shape index (κ3) is 4.75. The van der Waals surface area contributed by atoms with Crippen molar-refractivity contribution in [1.82, 2.24) is 10.2 Å². The molecule has 0 aromatic heterocycles. The van der Waals surface area contributed by atoms with Crippen LogP contribution in [0, 0.1) is 5.92 Å². The van der Waals surface area contributed by atoms with Gasteiger partial charge < -0.3 is 10.2 Å². The van der Waals surface area contributed by atoms with Gasteiger partial charge in [0.1, 0.15) is 0 Å². The highest BCUT2D eigenvalue weighted by Crippen LogP contribution is 2.26. The van der Waals surface area contributed by atoms with Crippen molar-refractivity contribution in [2.75, 3.05) is 25.4 Å². The van der Waals surface area contributed by atoms with E-state index >= 15 is 0 Å². The first-order valence-corrected chi connectivity index (χ1v) is 8.48. The van der Waals surface area contributed by atoms with Crippen LogP contribution in [0.1, 0.15) is 26.2 Å². The molecule has 110 valence electrons. The maximum atomic E-state index is 11.9. The van der Waals surface area contributed by atoms with Gasteiger partial charge in [0.2, 0.25) is 0 Å². The van der Waals surface area contributed by atoms with Gasteiger partial charge in [0.05, 0.1) is 0 Å². The second kappa shape index (κ2) is 8.20. The number of urea groups is 1. The summed E-state index contributed by atoms with van der Waals surface area (Å²) in [5, 5.41) is 2.96. The molecule has 0 unspecified atom stereocenters. The summed E-state index contributed by atoms with van der Waals surface area (Å²) < 4.78 is 0. The van der Waals surface area contributed by atoms with E-state index in [0.29, 0.717) is 0 Å². The van der Waals surface area contributed by atoms with Crippen molar-refractivity contribution in [2.24, 2.45) is 5.92 Å². The average Bonchev–Trinajstić information content (AvgIpc) is 2.52. The van der Waals surface area contributed by atoms with Gasteiger partial charge in [0.25, 0.3) is 0 Å². The van der Waals surface area contributed by atoms with Crippen molar-refractivity contribution in [2.45, 2.75) is 31.1 Å². The molecule has 0 radical (unpaired) electrons. The van der Waals surface area contributed by atoms with E-state index in [2.05, 4.69) is 42.6 Å². The van der Waals surface area contributed by atoms with Crippen LogP contribution >= 0.6 is 11.8 Å². The zero-order chi connectivity index (χ0) is 14.2. The Balaban J connectivity index is 1.68. The highest BCUT2D eigenvalue weighted by atomic mass is 32.2. The van der Waals surface area contributed by atoms with E-state index < -0.39 is 0 Å². The van der Waals surface area contributed by atoms with Crippen LogP contribution in [0.5, 0.6) is 0 Å². The van der Waals surface area contributed by atoms with E-state index in [1.54, 1.807) is 0 Å². The molecule has 3 nitrogen and oxygen atoms in total. The molecule has 0 aliphatic carbocycles. The molecule has 4 heteroatoms. The van der Waals surface area contributed by atoms with Crippen molar-refractivity contribution < 1.29 is 4.79 Å². The van der Waals surface area contributed by atoms with E-state index in [4.69, 9.17) is 0 Å². The van der Waals surface area contributed by atoms with Crippen LogP contribution in [0.3, 0.4) is 0 Å². The molecule has 0 bridgehead atoms. The SMILES string of the molecule is CCCNC(=O)N1CCC(CSc2ccccc2)CC1. The fraction of sp³-hybridized carbons (Fsp3) is 0.562. The van der Waals surface area contributed by atoms with Crippen LogP contribution in [0.15, 0.2) is 35.2 Å². The van der Waals surface area contributed by atoms with Crippen LogP contribution in [0.4, 0.5) is 4.79 Å². The topological polar surface area (TPSA) is 32.3 Å². The monoisotopic (exact) mass is 292 g/mol. The summed E-state index contributed by atoms with van der Waals surface area (Å²) in [4.78, 5) is 15.2. The standard InChI is InChI=1S/C16H24N2OS/c1-2-10-17-16(19)18-11-8-14(9-12-18)13-20-15-6-4-3-5-7-15/h3-7,14H,2,8-13H2,1H3,(H,17,19). The predicted molar refractivity (Wildman–Crippen MR) is 85.2 cm³/mol. The fourth-order valence-corrected chi connectivity index (χ4v) is 3.49. The summed E-state index contributed by atoms with van der Waals surface area (Å²) in [5.41, 5.74) is 0. The van der Waals surface area contributed by atoms with Gasteiger partial charge in [-0.2, -0.15) is 0 Å². The number of rotatable bonds is 5. The summed E-state index contributed by atoms with van der Waals surface area (Å²) in [7, 11) is 0. The number of carbonyl (C=O) groups is 1. The number of amides is 2. The normalized spacial score (nSPS) is 16.1. The predicted octanol–water partition coefficient (Wildman–Crippen LogP) is 3.61. The molecule has 1 aromatic carbocycles. The van der Waals surface area contributed by atoms with Crippen molar-refractivity contribution in [3.63, 3.8) is 0 Å². The minimum absolute atomic E-state index is 0.112. The van der Waals surface area contributed by atoms with E-state index in [0.717, 1.165) is 50.6 Å². The summed E-state index contributed by atoms with van der Waals surface area (Å²) in [6, 6.07) is 10.7. The molecule has 0 spiro atoms. The number of hydrogen-bond acceptors (Lipinski definition) is 2. The molecule has 1 aromatic rings. The first kappa shape index (κ1) is 15.2. The number of likely N-dealkylation sites (tertiary alicyclic amines) is 1. The number of hydrogen-bond donors (Lipinski definition) is 1. The largest absolute Gasteiger partial charge is 0.338 e. The summed E-state index contributed by atoms with van der Waals surface area (Å²) >= 11 is 1.93. The molecular weight excluding hydrogens is 268 g/mol. The molecule has 2 amide bonds. The van der Waals surface area contributed by atoms with E-state index in [1.807, 2.05) is 16.7 Å². The third-order valence-electron chi connectivity index (χ3n) is 3.66. The van der Waals surface area contributed by atoms with E-state index in [9.17, 15) is 4.79 Å². The number of nitrogens with zero attached hydrogens (tertiary/aromatic N) is 1. The molecule has 1 aliphatic rings. The lowest BCUT2D eigenvalue weighted by Gasteiger charge is -2.31. The smallest absolute Gasteiger partial charge is 0.317 e. The highest BCUT2D eigenvalue weighted by molar-refractivity contribution is 7.99. The Bertz CT molecular complexity index is 402. The molecule has 2 rings (SSSR count). The first-order valence-electron chi connectivity index (χ1n) is 7.50. The second-order valence-corrected chi connectivity index (χ2v) is 6.38. The Labute approximate surface area is 126 Å². The van der Waals surface area contributed by atoms with Gasteiger partial charge in [0.15, 0.2) is 0 Å². The van der Waals surface area contributed by atoms with Crippen molar-refractivity contribution in [3.8, 4) is 0 Å². The van der Waals surface area contributed by atoms with Crippen LogP contribution < -0.4 is 5.32 Å². The Morgan fingerprint density at radius 1 is 1.30 bits per heavy atom. The molecule has 1 saturated heterocycles. The Morgan fingerprint density at radius 2 is 2.00 bits per heavy atom. The van der Waals surface area contributed by atoms with Crippen LogP contribution in [-0.4, -0.2) is 36.3 Å². The molecule has 1 heterocycles. The van der Waals surface area contributed by atoms with E-state index in [1.165, 1.54) is 4.90 Å². The third-order valence-corrected chi connectivity index (χ3v) is 4.90. The molecule has 20 heavy (non-hydrogen) atoms. The Morgan fingerprint density at radius 3 is 2.65 bits per heavy atom. The minimum Gasteiger partial charge on any atom is -0.338 e. The van der Waals surface area contributed by atoms with E-state index in [-0.39, 0.29) is 6.03 Å². The quantitative estimate of drug-likeness (QED) is 0.841. The fourth-order valence-electron chi connectivity index (χ4n) is 2.38. The van der Waals surface area contributed by atoms with Gasteiger partial charge in [-0.05, 0) is 37.3 Å². The lowest BCUT2D eigenvalue weighted by Crippen LogP contribution is -2.44. The number of benzene rings is 1. The molecule has 1 N–H and O–H groups in total. The van der Waals surface area contributed by atoms with Crippen LogP contribution in [0.2, 0.25) is 0 Å². The van der Waals surface area contributed by atoms with Crippen molar-refractivity contribution in [1.29, 1.82) is 0 Å². The number of thioether (sulfide) groups is 1. The summed E-state index contributed by atoms with van der Waals surface area (Å²) in [6.07, 6.45) is 3.24. The number of piperidine rings is 1. The lowest BCUT2D eigenvalue weighted by atomic mass is 9.99. The van der Waals surface area contributed by atoms with Gasteiger partial charge in [-0.25, -0.2) is 4.79 Å². The maximum Gasteiger partial charge on any atom is 0.317 e. The van der Waals surface area contributed by atoms with Crippen molar-refractivity contribution >= 4 is 17.8 Å². The molecule has 0 atom stereocenters. The summed E-state index contributed by atoms with van der Waals surface area (Å²) in [5.74, 6) is 1.89. The van der Waals surface area contributed by atoms with Gasteiger partial charge >= 0.3 is 6.03 Å². The van der Waals surface area contributed by atoms with Gasteiger partial charge in [-0.1, -0.05) is 25.1 Å². The Kier molecular flexibility index (Phi) is 6.25. The number of nitrogens with one attached hydrogen (secondary N) is 1. The molecule has 0 saturated carbocycles. The minimum atomic E-state index is 0.112. The zero-order valence-corrected chi connectivity index (χ0v) is 13.0. The van der Waals surface area contributed by atoms with Gasteiger partial charge in [-0.15, -0.1) is 11.8 Å². The lowest BCUT2D eigenvalue weighted by molar-refractivity contribution is 0.175. The molecule has 1 fully saturated rings. The van der Waals surface area contributed by atoms with Crippen LogP contribution in [-0.2, 0) is 0 Å². The highest BCUT2D eigenvalue weighted by Gasteiger charge is 2.22. The zero-order valence-electron chi connectivity index (χ0n) is 12.2. The second-order valence-electron chi connectivity index (χ2n) is 5.29. The Hall–Kier alpha value is -1.16. The maximum absolute atomic E-state index is 11.9. The van der Waals surface area contributed by atoms with Crippen LogP contribution in [0.25, 0.3) is 0 Å². The summed E-state index contributed by atoms with van der Waals surface area (Å²) in [6.45, 7) is 4.65. The number of carbonyl (C=O) groups excluding carboxylic acids is 1. The van der Waals surface area contributed by atoms with Gasteiger partial charge in [0, 0.05) is 30.3 Å².